The average molecular weight is 520 g/mol. The summed E-state index contributed by atoms with van der Waals surface area (Å²) in [6.07, 6.45) is 1.46. The van der Waals surface area contributed by atoms with Gasteiger partial charge in [0, 0.05) is 12.1 Å². The number of carbonyl (C=O) groups excluding carboxylic acids is 1. The van der Waals surface area contributed by atoms with Gasteiger partial charge in [-0.25, -0.2) is 5.43 Å². The Morgan fingerprint density at radius 3 is 2.66 bits per heavy atom. The molecule has 9 nitrogen and oxygen atoms in total. The van der Waals surface area contributed by atoms with E-state index in [2.05, 4.69) is 36.7 Å². The zero-order valence-corrected chi connectivity index (χ0v) is 20.1. The SMILES string of the molecule is CCn1c(SCC(=O)NN=Cc2cc(Br)c(O)c(OC)c2)nnc1-c1ccc(OC)cc1. The number of aromatic nitrogens is 3. The van der Waals surface area contributed by atoms with Gasteiger partial charge in [0.15, 0.2) is 22.5 Å². The first kappa shape index (κ1) is 23.6. The van der Waals surface area contributed by atoms with Crippen LogP contribution in [0.1, 0.15) is 12.5 Å². The largest absolute Gasteiger partial charge is 0.503 e. The molecule has 0 aliphatic rings. The fraction of sp³-hybridized carbons (Fsp3) is 0.238. The Hall–Kier alpha value is -3.05. The Morgan fingerprint density at radius 1 is 1.25 bits per heavy atom. The van der Waals surface area contributed by atoms with Gasteiger partial charge in [0.2, 0.25) is 0 Å². The number of aromatic hydroxyl groups is 1. The molecule has 0 spiro atoms. The number of rotatable bonds is 9. The molecule has 2 N–H and O–H groups in total. The number of carbonyl (C=O) groups is 1. The van der Waals surface area contributed by atoms with Gasteiger partial charge in [0.05, 0.1) is 30.7 Å². The number of hydrazone groups is 1. The zero-order chi connectivity index (χ0) is 23.1. The maximum absolute atomic E-state index is 12.2. The van der Waals surface area contributed by atoms with Crippen molar-refractivity contribution in [3.8, 4) is 28.6 Å². The summed E-state index contributed by atoms with van der Waals surface area (Å²) in [5.41, 5.74) is 4.04. The van der Waals surface area contributed by atoms with Crippen LogP contribution in [0.4, 0.5) is 0 Å². The molecule has 0 unspecified atom stereocenters. The molecule has 0 aliphatic heterocycles. The number of amides is 1. The van der Waals surface area contributed by atoms with Crippen LogP contribution < -0.4 is 14.9 Å². The first-order valence-corrected chi connectivity index (χ1v) is 11.3. The third-order valence-electron chi connectivity index (χ3n) is 4.39. The van der Waals surface area contributed by atoms with E-state index in [0.717, 1.165) is 17.1 Å². The average Bonchev–Trinajstić information content (AvgIpc) is 3.22. The molecule has 0 atom stereocenters. The van der Waals surface area contributed by atoms with Crippen molar-refractivity contribution >= 4 is 39.8 Å². The van der Waals surface area contributed by atoms with Crippen molar-refractivity contribution in [2.75, 3.05) is 20.0 Å². The summed E-state index contributed by atoms with van der Waals surface area (Å²) >= 11 is 4.52. The molecule has 32 heavy (non-hydrogen) atoms. The van der Waals surface area contributed by atoms with Crippen molar-refractivity contribution in [2.45, 2.75) is 18.6 Å². The van der Waals surface area contributed by atoms with Crippen LogP contribution in [0.3, 0.4) is 0 Å². The molecule has 3 rings (SSSR count). The Labute approximate surface area is 198 Å². The van der Waals surface area contributed by atoms with E-state index in [-0.39, 0.29) is 17.4 Å². The Morgan fingerprint density at radius 2 is 2.00 bits per heavy atom. The van der Waals surface area contributed by atoms with Crippen molar-refractivity contribution in [3.05, 3.63) is 46.4 Å². The smallest absolute Gasteiger partial charge is 0.250 e. The van der Waals surface area contributed by atoms with Crippen LogP contribution in [0.15, 0.2) is 51.1 Å². The second kappa shape index (κ2) is 11.0. The summed E-state index contributed by atoms with van der Waals surface area (Å²) in [5, 5.41) is 23.0. The topological polar surface area (TPSA) is 111 Å². The summed E-state index contributed by atoms with van der Waals surface area (Å²) < 4.78 is 12.7. The molecule has 0 aliphatic carbocycles. The molecule has 1 amide bonds. The monoisotopic (exact) mass is 519 g/mol. The van der Waals surface area contributed by atoms with E-state index in [1.807, 2.05) is 35.8 Å². The predicted molar refractivity (Wildman–Crippen MR) is 127 cm³/mol. The molecule has 0 saturated carbocycles. The van der Waals surface area contributed by atoms with E-state index in [1.165, 1.54) is 25.1 Å². The van der Waals surface area contributed by atoms with Crippen molar-refractivity contribution < 1.29 is 19.4 Å². The first-order valence-electron chi connectivity index (χ1n) is 9.55. The van der Waals surface area contributed by atoms with Gasteiger partial charge < -0.3 is 19.1 Å². The molecular formula is C21H22BrN5O4S. The Balaban J connectivity index is 1.61. The number of phenols is 1. The maximum atomic E-state index is 12.2. The van der Waals surface area contributed by atoms with Gasteiger partial charge in [-0.3, -0.25) is 4.79 Å². The molecule has 0 fully saturated rings. The van der Waals surface area contributed by atoms with Crippen molar-refractivity contribution in [1.29, 1.82) is 0 Å². The molecule has 168 valence electrons. The van der Waals surface area contributed by atoms with Crippen LogP contribution >= 0.6 is 27.7 Å². The first-order chi connectivity index (χ1) is 15.5. The molecule has 1 aromatic heterocycles. The summed E-state index contributed by atoms with van der Waals surface area (Å²) in [6.45, 7) is 2.66. The van der Waals surface area contributed by atoms with E-state index in [1.54, 1.807) is 19.2 Å². The minimum absolute atomic E-state index is 0.000805. The Kier molecular flexibility index (Phi) is 8.12. The standard InChI is InChI=1S/C21H22BrN5O4S/c1-4-27-20(14-5-7-15(30-2)8-6-14)25-26-21(27)32-12-18(28)24-23-11-13-9-16(22)19(29)17(10-13)31-3/h5-11,29H,4,12H2,1-3H3,(H,24,28). The molecule has 2 aromatic carbocycles. The quantitative estimate of drug-likeness (QED) is 0.252. The second-order valence-corrected chi connectivity index (χ2v) is 8.21. The molecule has 1 heterocycles. The fourth-order valence-electron chi connectivity index (χ4n) is 2.80. The zero-order valence-electron chi connectivity index (χ0n) is 17.7. The van der Waals surface area contributed by atoms with E-state index < -0.39 is 0 Å². The van der Waals surface area contributed by atoms with Gasteiger partial charge >= 0.3 is 0 Å². The lowest BCUT2D eigenvalue weighted by atomic mass is 10.2. The number of hydrogen-bond donors (Lipinski definition) is 2. The third-order valence-corrected chi connectivity index (χ3v) is 5.96. The van der Waals surface area contributed by atoms with Crippen LogP contribution in [-0.4, -0.2) is 52.0 Å². The summed E-state index contributed by atoms with van der Waals surface area (Å²) in [6, 6.07) is 10.8. The highest BCUT2D eigenvalue weighted by Gasteiger charge is 2.14. The van der Waals surface area contributed by atoms with Gasteiger partial charge in [0.25, 0.3) is 5.91 Å². The minimum Gasteiger partial charge on any atom is -0.503 e. The van der Waals surface area contributed by atoms with Crippen molar-refractivity contribution in [3.63, 3.8) is 0 Å². The molecule has 0 bridgehead atoms. The van der Waals surface area contributed by atoms with Gasteiger partial charge in [-0.05, 0) is 64.8 Å². The number of thioether (sulfide) groups is 1. The van der Waals surface area contributed by atoms with Crippen LogP contribution in [-0.2, 0) is 11.3 Å². The normalized spacial score (nSPS) is 11.0. The van der Waals surface area contributed by atoms with Gasteiger partial charge in [0.1, 0.15) is 5.75 Å². The molecule has 3 aromatic rings. The van der Waals surface area contributed by atoms with Crippen LogP contribution in [0.2, 0.25) is 0 Å². The van der Waals surface area contributed by atoms with Crippen LogP contribution in [0.25, 0.3) is 11.4 Å². The lowest BCUT2D eigenvalue weighted by Gasteiger charge is -2.08. The lowest BCUT2D eigenvalue weighted by molar-refractivity contribution is -0.118. The van der Waals surface area contributed by atoms with Crippen LogP contribution in [0.5, 0.6) is 17.2 Å². The number of halogens is 1. The van der Waals surface area contributed by atoms with Gasteiger partial charge in [-0.15, -0.1) is 10.2 Å². The maximum Gasteiger partial charge on any atom is 0.250 e. The summed E-state index contributed by atoms with van der Waals surface area (Å²) in [7, 11) is 3.07. The number of nitrogens with zero attached hydrogens (tertiary/aromatic N) is 4. The highest BCUT2D eigenvalue weighted by atomic mass is 79.9. The number of phenolic OH excluding ortho intramolecular Hbond substituents is 1. The molecule has 0 saturated heterocycles. The lowest BCUT2D eigenvalue weighted by Crippen LogP contribution is -2.20. The summed E-state index contributed by atoms with van der Waals surface area (Å²) in [5.74, 6) is 1.63. The van der Waals surface area contributed by atoms with E-state index in [9.17, 15) is 9.90 Å². The molecule has 11 heteroatoms. The summed E-state index contributed by atoms with van der Waals surface area (Å²) in [4.78, 5) is 12.2. The molecule has 0 radical (unpaired) electrons. The number of hydrogen-bond acceptors (Lipinski definition) is 8. The third kappa shape index (κ3) is 5.60. The van der Waals surface area contributed by atoms with Crippen LogP contribution in [0, 0.1) is 0 Å². The Bertz CT molecular complexity index is 1120. The highest BCUT2D eigenvalue weighted by molar-refractivity contribution is 9.10. The van der Waals surface area contributed by atoms with Crippen molar-refractivity contribution in [2.24, 2.45) is 5.10 Å². The van der Waals surface area contributed by atoms with E-state index in [4.69, 9.17) is 9.47 Å². The minimum atomic E-state index is -0.285. The van der Waals surface area contributed by atoms with Gasteiger partial charge in [-0.1, -0.05) is 11.8 Å². The molecular weight excluding hydrogens is 498 g/mol. The number of benzene rings is 2. The number of ether oxygens (including phenoxy) is 2. The number of methoxy groups -OCH3 is 2. The van der Waals surface area contributed by atoms with Gasteiger partial charge in [-0.2, -0.15) is 5.10 Å². The van der Waals surface area contributed by atoms with Crippen molar-refractivity contribution in [1.82, 2.24) is 20.2 Å². The highest BCUT2D eigenvalue weighted by Crippen LogP contribution is 2.34. The van der Waals surface area contributed by atoms with E-state index in [0.29, 0.717) is 27.5 Å². The number of nitrogens with one attached hydrogen (secondary N) is 1. The predicted octanol–water partition coefficient (Wildman–Crippen LogP) is 3.69. The fourth-order valence-corrected chi connectivity index (χ4v) is 4.05. The van der Waals surface area contributed by atoms with E-state index >= 15 is 0 Å². The second-order valence-electron chi connectivity index (χ2n) is 6.41.